The number of benzene rings is 2. The van der Waals surface area contributed by atoms with Crippen molar-refractivity contribution < 1.29 is 32.2 Å². The van der Waals surface area contributed by atoms with Crippen molar-refractivity contribution in [3.05, 3.63) is 54.1 Å². The fraction of sp³-hybridized carbons (Fsp3) is 0.167. The maximum Gasteiger partial charge on any atom is 0.573 e. The first-order valence-corrected chi connectivity index (χ1v) is 7.37. The van der Waals surface area contributed by atoms with E-state index in [4.69, 9.17) is 9.47 Å². The van der Waals surface area contributed by atoms with E-state index in [2.05, 4.69) is 10.1 Å². The predicted octanol–water partition coefficient (Wildman–Crippen LogP) is 4.25. The fourth-order valence-electron chi connectivity index (χ4n) is 2.02. The molecule has 0 fully saturated rings. The van der Waals surface area contributed by atoms with Crippen LogP contribution in [-0.2, 0) is 4.79 Å². The molecule has 1 N–H and O–H groups in total. The molecule has 0 aliphatic carbocycles. The molecule has 2 aromatic rings. The summed E-state index contributed by atoms with van der Waals surface area (Å²) in [4.78, 5) is 12.0. The smallest absolute Gasteiger partial charge is 0.497 e. The highest BCUT2D eigenvalue weighted by molar-refractivity contribution is 6.02. The maximum atomic E-state index is 12.1. The Balaban J connectivity index is 2.01. The van der Waals surface area contributed by atoms with E-state index in [9.17, 15) is 18.0 Å². The molecule has 0 saturated carbocycles. The van der Waals surface area contributed by atoms with Gasteiger partial charge in [-0.15, -0.1) is 13.2 Å². The zero-order valence-electron chi connectivity index (χ0n) is 14.0. The summed E-state index contributed by atoms with van der Waals surface area (Å²) in [5.41, 5.74) is 1.02. The molecule has 2 aromatic carbocycles. The predicted molar refractivity (Wildman–Crippen MR) is 90.3 cm³/mol. The van der Waals surface area contributed by atoms with Crippen LogP contribution in [0.5, 0.6) is 17.2 Å². The van der Waals surface area contributed by atoms with Crippen molar-refractivity contribution in [2.24, 2.45) is 0 Å². The molecule has 2 rings (SSSR count). The van der Waals surface area contributed by atoms with Gasteiger partial charge in [0.1, 0.15) is 17.2 Å². The minimum absolute atomic E-state index is 0.331. The number of alkyl halides is 3. The Morgan fingerprint density at radius 2 is 1.54 bits per heavy atom. The highest BCUT2D eigenvalue weighted by Gasteiger charge is 2.30. The first-order valence-electron chi connectivity index (χ1n) is 7.37. The molecule has 1 amide bonds. The second-order valence-corrected chi connectivity index (χ2v) is 5.04. The molecule has 8 heteroatoms. The van der Waals surface area contributed by atoms with Crippen LogP contribution in [0.2, 0.25) is 0 Å². The van der Waals surface area contributed by atoms with Crippen LogP contribution in [0.3, 0.4) is 0 Å². The van der Waals surface area contributed by atoms with E-state index in [1.165, 1.54) is 38.5 Å². The summed E-state index contributed by atoms with van der Waals surface area (Å²) in [6, 6.07) is 10.0. The Hall–Kier alpha value is -3.16. The molecule has 0 aliphatic rings. The average Bonchev–Trinajstić information content (AvgIpc) is 2.59. The number of amides is 1. The molecule has 0 heterocycles. The van der Waals surface area contributed by atoms with Crippen molar-refractivity contribution in [2.45, 2.75) is 6.36 Å². The van der Waals surface area contributed by atoms with Gasteiger partial charge in [-0.25, -0.2) is 0 Å². The molecule has 0 unspecified atom stereocenters. The second kappa shape index (κ2) is 8.28. The first-order chi connectivity index (χ1) is 12.3. The van der Waals surface area contributed by atoms with E-state index in [0.29, 0.717) is 22.7 Å². The summed E-state index contributed by atoms with van der Waals surface area (Å²) in [6.45, 7) is 0. The Labute approximate surface area is 148 Å². The van der Waals surface area contributed by atoms with Crippen molar-refractivity contribution in [3.63, 3.8) is 0 Å². The lowest BCUT2D eigenvalue weighted by Gasteiger charge is -2.09. The summed E-state index contributed by atoms with van der Waals surface area (Å²) < 4.78 is 50.3. The van der Waals surface area contributed by atoms with Crippen LogP contribution < -0.4 is 19.5 Å². The van der Waals surface area contributed by atoms with E-state index in [-0.39, 0.29) is 5.75 Å². The van der Waals surface area contributed by atoms with Crippen LogP contribution in [0.25, 0.3) is 6.08 Å². The third-order valence-electron chi connectivity index (χ3n) is 3.16. The van der Waals surface area contributed by atoms with Gasteiger partial charge in [0.05, 0.1) is 14.2 Å². The van der Waals surface area contributed by atoms with E-state index in [1.807, 2.05) is 0 Å². The number of carbonyl (C=O) groups is 1. The van der Waals surface area contributed by atoms with Gasteiger partial charge in [-0.1, -0.05) is 12.1 Å². The molecule has 0 aliphatic heterocycles. The molecule has 0 saturated heterocycles. The van der Waals surface area contributed by atoms with Crippen molar-refractivity contribution in [1.82, 2.24) is 0 Å². The third kappa shape index (κ3) is 6.04. The van der Waals surface area contributed by atoms with Crippen LogP contribution in [0.1, 0.15) is 5.56 Å². The molecule has 26 heavy (non-hydrogen) atoms. The number of anilines is 1. The van der Waals surface area contributed by atoms with Gasteiger partial charge in [0.25, 0.3) is 0 Å². The van der Waals surface area contributed by atoms with Gasteiger partial charge < -0.3 is 19.5 Å². The number of ether oxygens (including phenoxy) is 3. The molecule has 0 aromatic heterocycles. The Kier molecular flexibility index (Phi) is 6.11. The Morgan fingerprint density at radius 3 is 2.04 bits per heavy atom. The van der Waals surface area contributed by atoms with Crippen LogP contribution >= 0.6 is 0 Å². The number of carbonyl (C=O) groups excluding carboxylic acids is 1. The topological polar surface area (TPSA) is 56.8 Å². The SMILES string of the molecule is COc1cc(NC(=O)/C=C/c2ccc(OC(F)(F)F)cc2)cc(OC)c1. The Morgan fingerprint density at radius 1 is 0.962 bits per heavy atom. The average molecular weight is 367 g/mol. The van der Waals surface area contributed by atoms with Crippen molar-refractivity contribution in [2.75, 3.05) is 19.5 Å². The van der Waals surface area contributed by atoms with Crippen LogP contribution in [0, 0.1) is 0 Å². The number of hydrogen-bond acceptors (Lipinski definition) is 4. The molecule has 0 atom stereocenters. The lowest BCUT2D eigenvalue weighted by molar-refractivity contribution is -0.274. The van der Waals surface area contributed by atoms with Crippen LogP contribution in [0.15, 0.2) is 48.5 Å². The number of halogens is 3. The highest BCUT2D eigenvalue weighted by atomic mass is 19.4. The quantitative estimate of drug-likeness (QED) is 0.776. The van der Waals surface area contributed by atoms with Gasteiger partial charge in [0, 0.05) is 30.0 Å². The standard InChI is InChI=1S/C18H16F3NO4/c1-24-15-9-13(10-16(11-15)25-2)22-17(23)8-5-12-3-6-14(7-4-12)26-18(19,20)21/h3-11H,1-2H3,(H,22,23)/b8-5+. The molecule has 0 radical (unpaired) electrons. The zero-order chi connectivity index (χ0) is 19.2. The third-order valence-corrected chi connectivity index (χ3v) is 3.16. The van der Waals surface area contributed by atoms with Crippen LogP contribution in [-0.4, -0.2) is 26.5 Å². The molecular formula is C18H16F3NO4. The number of rotatable bonds is 6. The lowest BCUT2D eigenvalue weighted by atomic mass is 10.2. The van der Waals surface area contributed by atoms with Gasteiger partial charge in [0.15, 0.2) is 0 Å². The Bertz CT molecular complexity index is 764. The monoisotopic (exact) mass is 367 g/mol. The van der Waals surface area contributed by atoms with Gasteiger partial charge in [-0.2, -0.15) is 0 Å². The molecule has 0 bridgehead atoms. The maximum absolute atomic E-state index is 12.1. The van der Waals surface area contributed by atoms with Gasteiger partial charge >= 0.3 is 6.36 Å². The first kappa shape index (κ1) is 19.2. The summed E-state index contributed by atoms with van der Waals surface area (Å²) in [6.07, 6.45) is -2.02. The van der Waals surface area contributed by atoms with Crippen molar-refractivity contribution in [3.8, 4) is 17.2 Å². The second-order valence-electron chi connectivity index (χ2n) is 5.04. The van der Waals surface area contributed by atoms with Crippen molar-refractivity contribution >= 4 is 17.7 Å². The van der Waals surface area contributed by atoms with Gasteiger partial charge in [0.2, 0.25) is 5.91 Å². The number of methoxy groups -OCH3 is 2. The normalized spacial score (nSPS) is 11.3. The molecule has 0 spiro atoms. The summed E-state index contributed by atoms with van der Waals surface area (Å²) in [5.74, 6) is 0.284. The van der Waals surface area contributed by atoms with Crippen LogP contribution in [0.4, 0.5) is 18.9 Å². The largest absolute Gasteiger partial charge is 0.573 e. The van der Waals surface area contributed by atoms with Crippen molar-refractivity contribution in [1.29, 1.82) is 0 Å². The molecule has 138 valence electrons. The van der Waals surface area contributed by atoms with E-state index < -0.39 is 12.3 Å². The highest BCUT2D eigenvalue weighted by Crippen LogP contribution is 2.26. The number of hydrogen-bond donors (Lipinski definition) is 1. The number of nitrogens with one attached hydrogen (secondary N) is 1. The zero-order valence-corrected chi connectivity index (χ0v) is 14.0. The summed E-state index contributed by atoms with van der Waals surface area (Å²) in [5, 5.41) is 2.64. The summed E-state index contributed by atoms with van der Waals surface area (Å²) >= 11 is 0. The van der Waals surface area contributed by atoms with E-state index in [1.54, 1.807) is 18.2 Å². The molecule has 5 nitrogen and oxygen atoms in total. The van der Waals surface area contributed by atoms with E-state index >= 15 is 0 Å². The molecular weight excluding hydrogens is 351 g/mol. The summed E-state index contributed by atoms with van der Waals surface area (Å²) in [7, 11) is 2.98. The lowest BCUT2D eigenvalue weighted by Crippen LogP contribution is -2.16. The fourth-order valence-corrected chi connectivity index (χ4v) is 2.02. The van der Waals surface area contributed by atoms with Gasteiger partial charge in [-0.3, -0.25) is 4.79 Å². The minimum atomic E-state index is -4.74. The van der Waals surface area contributed by atoms with E-state index in [0.717, 1.165) is 12.1 Å². The van der Waals surface area contributed by atoms with Gasteiger partial charge in [-0.05, 0) is 23.8 Å². The minimum Gasteiger partial charge on any atom is -0.497 e.